The van der Waals surface area contributed by atoms with Crippen molar-refractivity contribution >= 4 is 11.9 Å². The van der Waals surface area contributed by atoms with Gasteiger partial charge in [-0.1, -0.05) is 0 Å². The van der Waals surface area contributed by atoms with Crippen molar-refractivity contribution in [2.75, 3.05) is 6.61 Å². The molecule has 86 valence electrons. The van der Waals surface area contributed by atoms with Crippen molar-refractivity contribution in [2.45, 2.75) is 25.3 Å². The highest BCUT2D eigenvalue weighted by Crippen LogP contribution is 1.93. The van der Waals surface area contributed by atoms with Crippen LogP contribution < -0.4 is 5.73 Å². The van der Waals surface area contributed by atoms with Gasteiger partial charge in [-0.15, -0.1) is 0 Å². The fourth-order valence-electron chi connectivity index (χ4n) is 0.743. The molecule has 0 amide bonds. The molecule has 1 atom stereocenters. The molecule has 4 N–H and O–H groups in total. The van der Waals surface area contributed by atoms with E-state index in [4.69, 9.17) is 20.7 Å². The number of carboxylic acid groups (broad SMARTS) is 2. The van der Waals surface area contributed by atoms with E-state index >= 15 is 0 Å². The summed E-state index contributed by atoms with van der Waals surface area (Å²) in [6, 6.07) is -1.06. The second-order valence-corrected chi connectivity index (χ2v) is 2.91. The lowest BCUT2D eigenvalue weighted by Crippen LogP contribution is -2.30. The molecule has 0 radical (unpaired) electrons. The molecule has 6 heteroatoms. The van der Waals surface area contributed by atoms with Crippen LogP contribution in [0.1, 0.15) is 19.3 Å². The first kappa shape index (κ1) is 13.4. The Balaban J connectivity index is 0.000000322. The van der Waals surface area contributed by atoms with Gasteiger partial charge in [0, 0.05) is 12.8 Å². The number of nitrogens with two attached hydrogens (primary N) is 1. The van der Waals surface area contributed by atoms with Crippen molar-refractivity contribution in [1.29, 1.82) is 0 Å². The molecule has 1 rings (SSSR count). The summed E-state index contributed by atoms with van der Waals surface area (Å²) in [7, 11) is 0. The van der Waals surface area contributed by atoms with E-state index in [2.05, 4.69) is 0 Å². The van der Waals surface area contributed by atoms with Crippen molar-refractivity contribution in [3.63, 3.8) is 0 Å². The monoisotopic (exact) mass is 217 g/mol. The van der Waals surface area contributed by atoms with E-state index in [9.17, 15) is 9.59 Å². The molecule has 1 aliphatic heterocycles. The molecule has 1 aliphatic rings. The first-order valence-electron chi connectivity index (χ1n) is 4.51. The number of hydrogen-bond donors (Lipinski definition) is 3. The van der Waals surface area contributed by atoms with Crippen LogP contribution in [0.3, 0.4) is 0 Å². The van der Waals surface area contributed by atoms with E-state index in [1.165, 1.54) is 0 Å². The molecule has 0 saturated carbocycles. The second kappa shape index (κ2) is 7.81. The van der Waals surface area contributed by atoms with Gasteiger partial charge in [0.15, 0.2) is 0 Å². The molecule has 0 bridgehead atoms. The standard InChI is InChI=1S/C5H9NO4.C4H6O/c6-3(5(9)10)1-2-4(7)8;1-2-4-5-3-1/h3H,1-2,6H2,(H,7,8)(H,9,10);1,3H,2,4H2/t3-;/m0./s1. The fourth-order valence-corrected chi connectivity index (χ4v) is 0.743. The van der Waals surface area contributed by atoms with Gasteiger partial charge in [0.1, 0.15) is 6.04 Å². The van der Waals surface area contributed by atoms with Crippen LogP contribution in [0.15, 0.2) is 12.3 Å². The minimum absolute atomic E-state index is 0.0231. The van der Waals surface area contributed by atoms with Gasteiger partial charge in [-0.2, -0.15) is 0 Å². The number of aliphatic carboxylic acids is 2. The Hall–Kier alpha value is -1.56. The predicted octanol–water partition coefficient (Wildman–Crippen LogP) is 0.183. The third-order valence-corrected chi connectivity index (χ3v) is 1.58. The van der Waals surface area contributed by atoms with Gasteiger partial charge in [0.25, 0.3) is 0 Å². The minimum Gasteiger partial charge on any atom is -0.501 e. The maximum Gasteiger partial charge on any atom is 0.320 e. The molecule has 6 nitrogen and oxygen atoms in total. The molecular formula is C9H15NO5. The minimum atomic E-state index is -1.17. The van der Waals surface area contributed by atoms with Crippen molar-refractivity contribution in [3.8, 4) is 0 Å². The van der Waals surface area contributed by atoms with Gasteiger partial charge in [-0.25, -0.2) is 0 Å². The summed E-state index contributed by atoms with van der Waals surface area (Å²) in [4.78, 5) is 19.9. The number of hydrogen-bond acceptors (Lipinski definition) is 4. The fraction of sp³-hybridized carbons (Fsp3) is 0.556. The van der Waals surface area contributed by atoms with Gasteiger partial charge >= 0.3 is 11.9 Å². The maximum absolute atomic E-state index is 9.99. The van der Waals surface area contributed by atoms with E-state index in [1.54, 1.807) is 6.26 Å². The Morgan fingerprint density at radius 2 is 2.13 bits per heavy atom. The Labute approximate surface area is 87.3 Å². The zero-order chi connectivity index (χ0) is 11.7. The van der Waals surface area contributed by atoms with E-state index in [0.29, 0.717) is 0 Å². The van der Waals surface area contributed by atoms with Crippen LogP contribution in [0.5, 0.6) is 0 Å². The third kappa shape index (κ3) is 8.76. The Morgan fingerprint density at radius 3 is 2.40 bits per heavy atom. The number of carbonyl (C=O) groups is 2. The lowest BCUT2D eigenvalue weighted by molar-refractivity contribution is -0.139. The quantitative estimate of drug-likeness (QED) is 0.619. The molecular weight excluding hydrogens is 202 g/mol. The molecule has 0 aromatic rings. The zero-order valence-electron chi connectivity index (χ0n) is 8.26. The summed E-state index contributed by atoms with van der Waals surface area (Å²) in [6.07, 6.45) is 4.62. The Morgan fingerprint density at radius 1 is 1.47 bits per heavy atom. The summed E-state index contributed by atoms with van der Waals surface area (Å²) >= 11 is 0. The molecule has 0 aliphatic carbocycles. The summed E-state index contributed by atoms with van der Waals surface area (Å²) in [6.45, 7) is 0.889. The highest BCUT2D eigenvalue weighted by Gasteiger charge is 2.12. The molecule has 0 aromatic heterocycles. The van der Waals surface area contributed by atoms with Gasteiger partial charge in [-0.3, -0.25) is 9.59 Å². The van der Waals surface area contributed by atoms with Crippen LogP contribution in [0, 0.1) is 0 Å². The van der Waals surface area contributed by atoms with Crippen molar-refractivity contribution in [2.24, 2.45) is 5.73 Å². The molecule has 0 spiro atoms. The highest BCUT2D eigenvalue weighted by molar-refractivity contribution is 5.74. The maximum atomic E-state index is 9.99. The van der Waals surface area contributed by atoms with Crippen LogP contribution in [0.25, 0.3) is 0 Å². The Kier molecular flexibility index (Phi) is 7.00. The predicted molar refractivity (Wildman–Crippen MR) is 52.2 cm³/mol. The summed E-state index contributed by atoms with van der Waals surface area (Å²) < 4.78 is 4.76. The number of ether oxygens (including phenoxy) is 1. The summed E-state index contributed by atoms with van der Waals surface area (Å²) in [5.41, 5.74) is 5.00. The summed E-state index contributed by atoms with van der Waals surface area (Å²) in [5.74, 6) is -2.20. The topological polar surface area (TPSA) is 110 Å². The van der Waals surface area contributed by atoms with Crippen LogP contribution in [-0.4, -0.2) is 34.8 Å². The highest BCUT2D eigenvalue weighted by atomic mass is 16.5. The molecule has 1 heterocycles. The Bertz CT molecular complexity index is 233. The van der Waals surface area contributed by atoms with Crippen molar-refractivity contribution in [3.05, 3.63) is 12.3 Å². The molecule has 0 saturated heterocycles. The number of rotatable bonds is 4. The third-order valence-electron chi connectivity index (χ3n) is 1.58. The average molecular weight is 217 g/mol. The van der Waals surface area contributed by atoms with E-state index in [0.717, 1.165) is 13.0 Å². The SMILES string of the molecule is C1=COCC1.N[C@@H](CCC(=O)O)C(=O)O. The van der Waals surface area contributed by atoms with Crippen LogP contribution >= 0.6 is 0 Å². The summed E-state index contributed by atoms with van der Waals surface area (Å²) in [5, 5.41) is 16.3. The van der Waals surface area contributed by atoms with Crippen LogP contribution in [-0.2, 0) is 14.3 Å². The van der Waals surface area contributed by atoms with Crippen molar-refractivity contribution in [1.82, 2.24) is 0 Å². The molecule has 0 fully saturated rings. The zero-order valence-corrected chi connectivity index (χ0v) is 8.26. The lowest BCUT2D eigenvalue weighted by atomic mass is 10.2. The molecule has 0 unspecified atom stereocenters. The second-order valence-electron chi connectivity index (χ2n) is 2.91. The van der Waals surface area contributed by atoms with Gasteiger partial charge in [-0.05, 0) is 12.5 Å². The van der Waals surface area contributed by atoms with E-state index in [1.807, 2.05) is 6.08 Å². The van der Waals surface area contributed by atoms with Crippen LogP contribution in [0.2, 0.25) is 0 Å². The smallest absolute Gasteiger partial charge is 0.320 e. The normalized spacial score (nSPS) is 14.7. The van der Waals surface area contributed by atoms with E-state index in [-0.39, 0.29) is 12.8 Å². The van der Waals surface area contributed by atoms with Gasteiger partial charge < -0.3 is 20.7 Å². The van der Waals surface area contributed by atoms with Gasteiger partial charge in [0.05, 0.1) is 12.9 Å². The number of carboxylic acids is 2. The largest absolute Gasteiger partial charge is 0.501 e. The first-order chi connectivity index (χ1) is 7.04. The van der Waals surface area contributed by atoms with Gasteiger partial charge in [0.2, 0.25) is 0 Å². The molecule has 0 aromatic carbocycles. The lowest BCUT2D eigenvalue weighted by Gasteiger charge is -2.01. The van der Waals surface area contributed by atoms with Crippen LogP contribution in [0.4, 0.5) is 0 Å². The molecule has 15 heavy (non-hydrogen) atoms. The van der Waals surface area contributed by atoms with Crippen molar-refractivity contribution < 1.29 is 24.5 Å². The van der Waals surface area contributed by atoms with E-state index < -0.39 is 18.0 Å². The average Bonchev–Trinajstić information content (AvgIpc) is 2.71. The first-order valence-corrected chi connectivity index (χ1v) is 4.51.